The van der Waals surface area contributed by atoms with Crippen LogP contribution in [0.4, 0.5) is 0 Å². The topological polar surface area (TPSA) is 47.7 Å². The molecule has 20 heavy (non-hydrogen) atoms. The molecule has 0 aromatic heterocycles. The van der Waals surface area contributed by atoms with Crippen LogP contribution in [0.5, 0.6) is 0 Å². The first kappa shape index (κ1) is 17.9. The van der Waals surface area contributed by atoms with Gasteiger partial charge in [0.1, 0.15) is 0 Å². The summed E-state index contributed by atoms with van der Waals surface area (Å²) in [6.45, 7) is 13.2. The molecule has 0 spiro atoms. The lowest BCUT2D eigenvalue weighted by molar-refractivity contribution is -0.151. The highest BCUT2D eigenvalue weighted by atomic mass is 16.7. The van der Waals surface area contributed by atoms with E-state index < -0.39 is 0 Å². The number of rotatable bonds is 9. The van der Waals surface area contributed by atoms with E-state index in [1.165, 1.54) is 31.8 Å². The quantitative estimate of drug-likeness (QED) is 0.661. The molecule has 0 saturated carbocycles. The third-order valence-corrected chi connectivity index (χ3v) is 3.86. The number of piperidine rings is 1. The molecule has 1 saturated heterocycles. The monoisotopic (exact) mass is 285 g/mol. The summed E-state index contributed by atoms with van der Waals surface area (Å²) in [5.41, 5.74) is 6.27. The highest BCUT2D eigenvalue weighted by molar-refractivity contribution is 4.85. The van der Waals surface area contributed by atoms with Crippen LogP contribution >= 0.6 is 0 Å². The zero-order valence-electron chi connectivity index (χ0n) is 13.7. The molecule has 4 heteroatoms. The van der Waals surface area contributed by atoms with Gasteiger partial charge in [-0.1, -0.05) is 13.8 Å². The molecule has 0 aromatic rings. The van der Waals surface area contributed by atoms with Gasteiger partial charge in [-0.05, 0) is 58.0 Å². The fraction of sp³-hybridized carbons (Fsp3) is 0.938. The molecule has 4 nitrogen and oxygen atoms in total. The Kier molecular flexibility index (Phi) is 8.69. The Morgan fingerprint density at radius 1 is 1.15 bits per heavy atom. The summed E-state index contributed by atoms with van der Waals surface area (Å²) in [6, 6.07) is -0.00840. The maximum atomic E-state index is 6.27. The molecule has 1 heterocycles. The maximum absolute atomic E-state index is 6.27. The number of likely N-dealkylation sites (tertiary alicyclic amines) is 1. The highest BCUT2D eigenvalue weighted by Gasteiger charge is 2.25. The number of nitrogens with two attached hydrogens (primary N) is 1. The van der Waals surface area contributed by atoms with Gasteiger partial charge in [-0.2, -0.15) is 0 Å². The van der Waals surface area contributed by atoms with E-state index in [0.29, 0.717) is 19.1 Å². The fourth-order valence-electron chi connectivity index (χ4n) is 2.95. The lowest BCUT2D eigenvalue weighted by atomic mass is 9.90. The van der Waals surface area contributed by atoms with E-state index in [1.54, 1.807) is 0 Å². The van der Waals surface area contributed by atoms with Crippen molar-refractivity contribution in [1.82, 2.24) is 4.90 Å². The number of ether oxygens (including phenoxy) is 2. The molecule has 1 rings (SSSR count). The minimum Gasteiger partial charge on any atom is -0.351 e. The van der Waals surface area contributed by atoms with Gasteiger partial charge in [0.25, 0.3) is 0 Å². The predicted molar refractivity (Wildman–Crippen MR) is 83.4 cm³/mol. The van der Waals surface area contributed by atoms with Crippen LogP contribution in [0.25, 0.3) is 0 Å². The summed E-state index contributed by atoms with van der Waals surface area (Å²) in [4.78, 5) is 2.54. The van der Waals surface area contributed by atoms with Crippen molar-refractivity contribution in [1.29, 1.82) is 0 Å². The summed E-state index contributed by atoms with van der Waals surface area (Å²) in [7, 11) is 0. The molecule has 1 fully saturated rings. The summed E-state index contributed by atoms with van der Waals surface area (Å²) in [5, 5.41) is 0. The molecule has 1 unspecified atom stereocenters. The molecular weight excluding hydrogens is 252 g/mol. The van der Waals surface area contributed by atoms with Gasteiger partial charge in [0.05, 0.1) is 6.04 Å². The molecular formula is C16H33N2O2. The first-order valence-corrected chi connectivity index (χ1v) is 8.06. The van der Waals surface area contributed by atoms with Crippen LogP contribution in [0, 0.1) is 11.8 Å². The Morgan fingerprint density at radius 3 is 2.15 bits per heavy atom. The third kappa shape index (κ3) is 6.53. The van der Waals surface area contributed by atoms with E-state index in [2.05, 4.69) is 18.7 Å². The van der Waals surface area contributed by atoms with Gasteiger partial charge in [-0.15, -0.1) is 0 Å². The maximum Gasteiger partial charge on any atom is 0.172 e. The van der Waals surface area contributed by atoms with Crippen LogP contribution in [-0.2, 0) is 9.47 Å². The van der Waals surface area contributed by atoms with Crippen molar-refractivity contribution in [2.75, 3.05) is 32.8 Å². The molecule has 1 aliphatic rings. The van der Waals surface area contributed by atoms with E-state index in [-0.39, 0.29) is 12.3 Å². The molecule has 0 aliphatic carbocycles. The fourth-order valence-corrected chi connectivity index (χ4v) is 2.95. The number of nitrogens with zero attached hydrogens (tertiary/aromatic N) is 1. The van der Waals surface area contributed by atoms with Crippen LogP contribution < -0.4 is 5.73 Å². The lowest BCUT2D eigenvalue weighted by Crippen LogP contribution is -2.43. The van der Waals surface area contributed by atoms with Crippen molar-refractivity contribution >= 4 is 0 Å². The van der Waals surface area contributed by atoms with Crippen molar-refractivity contribution in [3.63, 3.8) is 0 Å². The molecule has 1 atom stereocenters. The minimum absolute atomic E-state index is 0.00840. The van der Waals surface area contributed by atoms with Crippen LogP contribution in [-0.4, -0.2) is 50.1 Å². The minimum atomic E-state index is -0.241. The van der Waals surface area contributed by atoms with E-state index in [1.807, 2.05) is 13.8 Å². The molecule has 0 amide bonds. The summed E-state index contributed by atoms with van der Waals surface area (Å²) < 4.78 is 11.2. The first-order chi connectivity index (χ1) is 9.56. The lowest BCUT2D eigenvalue weighted by Gasteiger charge is -2.35. The van der Waals surface area contributed by atoms with E-state index in [4.69, 9.17) is 15.2 Å². The molecule has 0 aromatic carbocycles. The van der Waals surface area contributed by atoms with Gasteiger partial charge in [0.2, 0.25) is 0 Å². The van der Waals surface area contributed by atoms with Gasteiger partial charge in [-0.25, -0.2) is 0 Å². The van der Waals surface area contributed by atoms with Crippen molar-refractivity contribution in [2.45, 2.75) is 59.3 Å². The molecule has 2 N–H and O–H groups in total. The summed E-state index contributed by atoms with van der Waals surface area (Å²) in [6.07, 6.45) is 3.25. The highest BCUT2D eigenvalue weighted by Crippen LogP contribution is 2.23. The van der Waals surface area contributed by atoms with Crippen LogP contribution in [0.1, 0.15) is 47.0 Å². The Hall–Kier alpha value is -0.160. The molecule has 119 valence electrons. The van der Waals surface area contributed by atoms with E-state index in [9.17, 15) is 0 Å². The number of hydrogen-bond acceptors (Lipinski definition) is 4. The second-order valence-electron chi connectivity index (χ2n) is 6.11. The number of hydrogen-bond donors (Lipinski definition) is 1. The van der Waals surface area contributed by atoms with Crippen LogP contribution in [0.2, 0.25) is 0 Å². The first-order valence-electron chi connectivity index (χ1n) is 8.06. The second kappa shape index (κ2) is 9.72. The Morgan fingerprint density at radius 2 is 1.70 bits per heavy atom. The summed E-state index contributed by atoms with van der Waals surface area (Å²) >= 11 is 0. The van der Waals surface area contributed by atoms with Crippen LogP contribution in [0.15, 0.2) is 0 Å². The van der Waals surface area contributed by atoms with Crippen molar-refractivity contribution in [2.24, 2.45) is 11.7 Å². The molecule has 1 radical (unpaired) electrons. The van der Waals surface area contributed by atoms with E-state index in [0.717, 1.165) is 13.0 Å². The third-order valence-electron chi connectivity index (χ3n) is 3.86. The Labute approximate surface area is 125 Å². The average molecular weight is 285 g/mol. The van der Waals surface area contributed by atoms with Gasteiger partial charge in [0, 0.05) is 19.8 Å². The van der Waals surface area contributed by atoms with E-state index >= 15 is 0 Å². The van der Waals surface area contributed by atoms with Gasteiger partial charge < -0.3 is 20.1 Å². The standard InChI is InChI=1S/C16H33N2O2/c1-5-19-16(20-6-2)15(17)11-14-7-9-18(10-8-14)12-13(3)4/h14-16H,5-12,17H2,1-4H3. The van der Waals surface area contributed by atoms with Gasteiger partial charge >= 0.3 is 0 Å². The normalized spacial score (nSPS) is 19.9. The predicted octanol–water partition coefficient (Wildman–Crippen LogP) is 2.43. The molecule has 1 aliphatic heterocycles. The van der Waals surface area contributed by atoms with Gasteiger partial charge in [0.15, 0.2) is 6.29 Å². The average Bonchev–Trinajstić information content (AvgIpc) is 2.40. The molecule has 0 bridgehead atoms. The van der Waals surface area contributed by atoms with Crippen molar-refractivity contribution in [3.8, 4) is 0 Å². The SMILES string of the molecule is CCOC(OCC)C(N)CC1CCN(C[C](C)C)CC1. The Balaban J connectivity index is 2.30. The zero-order chi connectivity index (χ0) is 15.0. The van der Waals surface area contributed by atoms with Gasteiger partial charge in [-0.3, -0.25) is 0 Å². The van der Waals surface area contributed by atoms with Crippen LogP contribution in [0.3, 0.4) is 0 Å². The largest absolute Gasteiger partial charge is 0.351 e. The smallest absolute Gasteiger partial charge is 0.172 e. The second-order valence-corrected chi connectivity index (χ2v) is 6.11. The summed E-state index contributed by atoms with van der Waals surface area (Å²) in [5.74, 6) is 2.20. The van der Waals surface area contributed by atoms with Crippen molar-refractivity contribution in [3.05, 3.63) is 5.92 Å². The van der Waals surface area contributed by atoms with Crippen molar-refractivity contribution < 1.29 is 9.47 Å². The zero-order valence-corrected chi connectivity index (χ0v) is 13.7. The Bertz CT molecular complexity index is 235.